The fourth-order valence-corrected chi connectivity index (χ4v) is 6.92. The Kier molecular flexibility index (Phi) is 8.57. The molecule has 0 aromatic carbocycles. The molecule has 1 aliphatic carbocycles. The number of hydrogen-bond acceptors (Lipinski definition) is 6. The summed E-state index contributed by atoms with van der Waals surface area (Å²) in [7, 11) is 0. The van der Waals surface area contributed by atoms with Gasteiger partial charge in [-0.05, 0) is 56.2 Å². The van der Waals surface area contributed by atoms with Crippen LogP contribution in [0.3, 0.4) is 0 Å². The number of aryl methyl sites for hydroxylation is 1. The van der Waals surface area contributed by atoms with Gasteiger partial charge in [0.2, 0.25) is 11.8 Å². The molecule has 5 unspecified atom stereocenters. The number of rotatable bonds is 8. The highest BCUT2D eigenvalue weighted by molar-refractivity contribution is 5.92. The smallest absolute Gasteiger partial charge is 0.381 e. The van der Waals surface area contributed by atoms with Gasteiger partial charge in [-0.25, -0.2) is 18.3 Å². The highest BCUT2D eigenvalue weighted by Crippen LogP contribution is 2.42. The lowest BCUT2D eigenvalue weighted by Gasteiger charge is -2.34. The van der Waals surface area contributed by atoms with E-state index in [9.17, 15) is 31.5 Å². The van der Waals surface area contributed by atoms with Crippen LogP contribution < -0.4 is 10.6 Å². The minimum absolute atomic E-state index is 0.0102. The van der Waals surface area contributed by atoms with E-state index in [4.69, 9.17) is 14.8 Å². The molecule has 3 fully saturated rings. The molecule has 1 saturated carbocycles. The summed E-state index contributed by atoms with van der Waals surface area (Å²) < 4.78 is 78.4. The Morgan fingerprint density at radius 2 is 2.11 bits per heavy atom. The van der Waals surface area contributed by atoms with E-state index in [-0.39, 0.29) is 25.2 Å². The number of carbonyl (C=O) groups is 2. The Hall–Kier alpha value is -3.62. The van der Waals surface area contributed by atoms with Crippen LogP contribution in [0.4, 0.5) is 22.0 Å². The molecule has 6 rings (SSSR count). The van der Waals surface area contributed by atoms with Crippen molar-refractivity contribution in [2.45, 2.75) is 82.5 Å². The van der Waals surface area contributed by atoms with Crippen molar-refractivity contribution in [3.63, 3.8) is 0 Å². The maximum absolute atomic E-state index is 14.6. The first-order valence-electron chi connectivity index (χ1n) is 15.4. The van der Waals surface area contributed by atoms with Crippen LogP contribution >= 0.6 is 0 Å². The van der Waals surface area contributed by atoms with Crippen molar-refractivity contribution < 1.29 is 36.3 Å². The highest BCUT2D eigenvalue weighted by Gasteiger charge is 2.45. The van der Waals surface area contributed by atoms with Crippen LogP contribution in [0.25, 0.3) is 5.65 Å². The molecule has 3 aromatic heterocycles. The van der Waals surface area contributed by atoms with Crippen LogP contribution in [0.2, 0.25) is 0 Å². The second-order valence-corrected chi connectivity index (χ2v) is 12.4. The Balaban J connectivity index is 1.36. The Morgan fingerprint density at radius 1 is 1.29 bits per heavy atom. The molecule has 3 aliphatic rings. The zero-order chi connectivity index (χ0) is 31.9. The first-order valence-corrected chi connectivity index (χ1v) is 15.4. The number of alkyl halides is 5. The number of fused-ring (bicyclic) bond motifs is 1. The fourth-order valence-electron chi connectivity index (χ4n) is 6.92. The zero-order valence-corrected chi connectivity index (χ0v) is 24.8. The monoisotopic (exact) mass is 637 g/mol. The topological polar surface area (TPSA) is 115 Å². The van der Waals surface area contributed by atoms with Crippen LogP contribution in [0.5, 0.6) is 0 Å². The number of aromatic nitrogens is 5. The summed E-state index contributed by atoms with van der Waals surface area (Å²) in [6, 6.07) is 2.49. The third-order valence-electron chi connectivity index (χ3n) is 9.32. The van der Waals surface area contributed by atoms with Crippen LogP contribution in [-0.2, 0) is 22.5 Å². The molecule has 0 radical (unpaired) electrons. The number of nitrogens with zero attached hydrogens (tertiary/aromatic N) is 5. The number of ether oxygens (including phenoxy) is 1. The Labute approximate surface area is 256 Å². The van der Waals surface area contributed by atoms with E-state index in [0.717, 1.165) is 5.56 Å². The van der Waals surface area contributed by atoms with E-state index < -0.39 is 60.7 Å². The molecular weight excluding hydrogens is 601 g/mol. The lowest BCUT2D eigenvalue weighted by Crippen LogP contribution is -2.47. The molecule has 5 atom stereocenters. The summed E-state index contributed by atoms with van der Waals surface area (Å²) in [5, 5.41) is 14.2. The average Bonchev–Trinajstić information content (AvgIpc) is 3.76. The SMILES string of the molecule is CCn1nccc1C(=O)NC(c1cn2nc(CC3CC(C(F)(F)F)CNC3=O)c(C3CCOC3)cc2n1)C1CCCC(F)(F)C1. The molecule has 2 N–H and O–H groups in total. The van der Waals surface area contributed by atoms with E-state index in [1.807, 2.05) is 6.92 Å². The van der Waals surface area contributed by atoms with Crippen molar-refractivity contribution in [3.05, 3.63) is 47.2 Å². The van der Waals surface area contributed by atoms with Crippen LogP contribution in [0, 0.1) is 17.8 Å². The molecule has 3 aromatic rings. The lowest BCUT2D eigenvalue weighted by atomic mass is 9.80. The summed E-state index contributed by atoms with van der Waals surface area (Å²) in [5.41, 5.74) is 2.23. The van der Waals surface area contributed by atoms with Crippen molar-refractivity contribution in [2.75, 3.05) is 19.8 Å². The van der Waals surface area contributed by atoms with Gasteiger partial charge in [-0.15, -0.1) is 0 Å². The number of amides is 2. The molecule has 0 bridgehead atoms. The first kappa shape index (κ1) is 31.4. The number of hydrogen-bond donors (Lipinski definition) is 2. The molecule has 45 heavy (non-hydrogen) atoms. The third kappa shape index (κ3) is 6.68. The largest absolute Gasteiger partial charge is 0.393 e. The fraction of sp³-hybridized carbons (Fsp3) is 0.633. The summed E-state index contributed by atoms with van der Waals surface area (Å²) in [5.74, 6) is -7.08. The molecular formula is C30H36F5N7O3. The van der Waals surface area contributed by atoms with E-state index in [1.165, 1.54) is 15.4 Å². The number of carbonyl (C=O) groups excluding carboxylic acids is 2. The van der Waals surface area contributed by atoms with Gasteiger partial charge in [0.05, 0.1) is 36.2 Å². The second-order valence-electron chi connectivity index (χ2n) is 12.4. The number of nitrogens with one attached hydrogen (secondary N) is 2. The van der Waals surface area contributed by atoms with Gasteiger partial charge in [0.15, 0.2) is 5.65 Å². The van der Waals surface area contributed by atoms with E-state index in [0.29, 0.717) is 61.7 Å². The predicted molar refractivity (Wildman–Crippen MR) is 151 cm³/mol. The van der Waals surface area contributed by atoms with Gasteiger partial charge in [0.1, 0.15) is 5.69 Å². The first-order chi connectivity index (χ1) is 21.4. The summed E-state index contributed by atoms with van der Waals surface area (Å²) in [6.07, 6.45) is -0.941. The average molecular weight is 638 g/mol. The van der Waals surface area contributed by atoms with Crippen LogP contribution in [0.15, 0.2) is 24.5 Å². The summed E-state index contributed by atoms with van der Waals surface area (Å²) >= 11 is 0. The minimum Gasteiger partial charge on any atom is -0.381 e. The van der Waals surface area contributed by atoms with E-state index in [2.05, 4.69) is 15.7 Å². The van der Waals surface area contributed by atoms with Gasteiger partial charge in [0, 0.05) is 57.0 Å². The quantitative estimate of drug-likeness (QED) is 0.349. The van der Waals surface area contributed by atoms with Crippen LogP contribution in [-0.4, -0.2) is 68.1 Å². The summed E-state index contributed by atoms with van der Waals surface area (Å²) in [4.78, 5) is 30.8. The number of imidazole rings is 1. The Bertz CT molecular complexity index is 1550. The van der Waals surface area contributed by atoms with Gasteiger partial charge in [-0.3, -0.25) is 14.3 Å². The van der Waals surface area contributed by atoms with E-state index >= 15 is 0 Å². The molecule has 15 heteroatoms. The number of piperidine rings is 1. The maximum atomic E-state index is 14.6. The van der Waals surface area contributed by atoms with Gasteiger partial charge >= 0.3 is 6.18 Å². The van der Waals surface area contributed by atoms with Crippen molar-refractivity contribution in [3.8, 4) is 0 Å². The molecule has 5 heterocycles. The third-order valence-corrected chi connectivity index (χ3v) is 9.32. The molecule has 2 amide bonds. The van der Waals surface area contributed by atoms with Gasteiger partial charge < -0.3 is 15.4 Å². The van der Waals surface area contributed by atoms with Crippen molar-refractivity contribution in [2.24, 2.45) is 17.8 Å². The van der Waals surface area contributed by atoms with Crippen molar-refractivity contribution >= 4 is 17.5 Å². The Morgan fingerprint density at radius 3 is 2.82 bits per heavy atom. The van der Waals surface area contributed by atoms with Gasteiger partial charge in [-0.1, -0.05) is 0 Å². The summed E-state index contributed by atoms with van der Waals surface area (Å²) in [6.45, 7) is 2.72. The standard InChI is InChI=1S/C30H36F5N7O3/c1-2-41-24(5-8-37-41)28(44)39-26(17-4-3-7-29(31,32)13-17)23-15-42-25(38-23)12-21(18-6-9-45-16-18)22(40-42)11-19-10-20(30(33,34)35)14-36-27(19)43/h5,8,12,15,17-20,26H,2-4,6-7,9-11,13-14,16H2,1H3,(H,36,43)(H,39,44). The van der Waals surface area contributed by atoms with Gasteiger partial charge in [0.25, 0.3) is 5.91 Å². The molecule has 10 nitrogen and oxygen atoms in total. The van der Waals surface area contributed by atoms with Crippen molar-refractivity contribution in [1.29, 1.82) is 0 Å². The second kappa shape index (κ2) is 12.3. The zero-order valence-electron chi connectivity index (χ0n) is 24.8. The van der Waals surface area contributed by atoms with Gasteiger partial charge in [-0.2, -0.15) is 23.4 Å². The molecule has 244 valence electrons. The molecule has 2 saturated heterocycles. The normalized spacial score (nSPS) is 26.1. The van der Waals surface area contributed by atoms with Crippen LogP contribution in [0.1, 0.15) is 84.8 Å². The predicted octanol–water partition coefficient (Wildman–Crippen LogP) is 4.60. The van der Waals surface area contributed by atoms with Crippen molar-refractivity contribution in [1.82, 2.24) is 35.0 Å². The molecule has 2 aliphatic heterocycles. The minimum atomic E-state index is -4.44. The number of halogens is 5. The highest BCUT2D eigenvalue weighted by atomic mass is 19.4. The van der Waals surface area contributed by atoms with E-state index in [1.54, 1.807) is 18.3 Å². The lowest BCUT2D eigenvalue weighted by molar-refractivity contribution is -0.183. The maximum Gasteiger partial charge on any atom is 0.393 e. The molecule has 0 spiro atoms.